The number of carbonyl (C=O) groups excluding carboxylic acids is 3. The van der Waals surface area contributed by atoms with Crippen molar-refractivity contribution in [3.05, 3.63) is 95.4 Å². The summed E-state index contributed by atoms with van der Waals surface area (Å²) in [4.78, 5) is 48.7. The molecule has 10 heteroatoms. The average Bonchev–Trinajstić information content (AvgIpc) is 3.80. The lowest BCUT2D eigenvalue weighted by atomic mass is 9.96. The van der Waals surface area contributed by atoms with E-state index in [0.29, 0.717) is 19.4 Å². The Bertz CT molecular complexity index is 1850. The van der Waals surface area contributed by atoms with Crippen molar-refractivity contribution in [1.29, 1.82) is 0 Å². The molecular formula is C40H45FN4O5. The number of nitrogens with zero attached hydrogens (tertiary/aromatic N) is 2. The van der Waals surface area contributed by atoms with Crippen molar-refractivity contribution >= 4 is 28.8 Å². The van der Waals surface area contributed by atoms with Crippen LogP contribution in [0.4, 0.5) is 9.18 Å². The number of H-pyrrole nitrogens is 1. The molecular weight excluding hydrogens is 635 g/mol. The van der Waals surface area contributed by atoms with Crippen molar-refractivity contribution in [3.63, 3.8) is 0 Å². The summed E-state index contributed by atoms with van der Waals surface area (Å²) in [5, 5.41) is 3.98. The molecule has 4 aromatic rings. The number of hydrogen-bond acceptors (Lipinski definition) is 5. The predicted octanol–water partition coefficient (Wildman–Crippen LogP) is 6.90. The zero-order chi connectivity index (χ0) is 34.9. The van der Waals surface area contributed by atoms with Gasteiger partial charge in [0.05, 0.1) is 6.10 Å². The summed E-state index contributed by atoms with van der Waals surface area (Å²) in [5.74, 6) is -0.846. The number of carbonyl (C=O) groups is 3. The molecule has 2 N–H and O–H groups in total. The first-order valence-electron chi connectivity index (χ1n) is 17.9. The molecule has 0 bridgehead atoms. The third kappa shape index (κ3) is 6.37. The number of benzene rings is 3. The summed E-state index contributed by atoms with van der Waals surface area (Å²) >= 11 is 0. The van der Waals surface area contributed by atoms with E-state index >= 15 is 0 Å². The van der Waals surface area contributed by atoms with E-state index in [9.17, 15) is 18.8 Å². The average molecular weight is 681 g/mol. The maximum Gasteiger partial charge on any atom is 0.411 e. The van der Waals surface area contributed by atoms with Gasteiger partial charge in [0.15, 0.2) is 6.10 Å². The minimum atomic E-state index is -0.889. The molecule has 0 unspecified atom stereocenters. The molecule has 2 saturated heterocycles. The van der Waals surface area contributed by atoms with E-state index in [-0.39, 0.29) is 36.5 Å². The molecule has 0 spiro atoms. The monoisotopic (exact) mass is 680 g/mol. The Hall–Kier alpha value is -4.70. The van der Waals surface area contributed by atoms with Crippen LogP contribution in [-0.2, 0) is 25.5 Å². The second kappa shape index (κ2) is 14.3. The van der Waals surface area contributed by atoms with Crippen LogP contribution in [0.5, 0.6) is 0 Å². The minimum absolute atomic E-state index is 0.0366. The van der Waals surface area contributed by atoms with Crippen LogP contribution in [-0.4, -0.2) is 76.1 Å². The van der Waals surface area contributed by atoms with E-state index in [1.165, 1.54) is 17.0 Å². The van der Waals surface area contributed by atoms with Crippen LogP contribution < -0.4 is 5.32 Å². The highest BCUT2D eigenvalue weighted by molar-refractivity contribution is 5.92. The number of halogens is 1. The van der Waals surface area contributed by atoms with Crippen LogP contribution in [0.2, 0.25) is 0 Å². The predicted molar refractivity (Wildman–Crippen MR) is 189 cm³/mol. The summed E-state index contributed by atoms with van der Waals surface area (Å²) in [5.41, 5.74) is 5.63. The van der Waals surface area contributed by atoms with Crippen molar-refractivity contribution in [2.75, 3.05) is 13.2 Å². The first kappa shape index (κ1) is 33.8. The Labute approximate surface area is 292 Å². The number of likely N-dealkylation sites (N-methyl/N-ethyl adjacent to an activating group) is 1. The third-order valence-corrected chi connectivity index (χ3v) is 10.8. The normalized spacial score (nSPS) is 22.3. The number of amides is 3. The largest absolute Gasteiger partial charge is 0.436 e. The summed E-state index contributed by atoms with van der Waals surface area (Å²) in [7, 11) is 0. The topological polar surface area (TPSA) is 104 Å². The number of ether oxygens (including phenoxy) is 2. The van der Waals surface area contributed by atoms with E-state index in [2.05, 4.69) is 10.3 Å². The number of hydrogen-bond donors (Lipinski definition) is 2. The van der Waals surface area contributed by atoms with Crippen LogP contribution in [0.3, 0.4) is 0 Å². The third-order valence-electron chi connectivity index (χ3n) is 10.8. The number of fused-ring (bicyclic) bond motifs is 5. The minimum Gasteiger partial charge on any atom is -0.436 e. The summed E-state index contributed by atoms with van der Waals surface area (Å²) in [6.07, 6.45) is 4.83. The van der Waals surface area contributed by atoms with Crippen molar-refractivity contribution in [2.45, 2.75) is 95.7 Å². The van der Waals surface area contributed by atoms with Gasteiger partial charge in [-0.1, -0.05) is 48.5 Å². The van der Waals surface area contributed by atoms with Gasteiger partial charge in [0.1, 0.15) is 17.9 Å². The molecule has 3 amide bonds. The SMILES string of the molecule is CCO[C@@H]1CC[C@H]2CC[C@@H](Cc3c[nH]c4cc(F)ccc34)N2C(=O)[C@@H](NC(=O)[C@H](C)N(CC)C(=O)OC2c3ccccc3-c3ccccc32)C1. The highest BCUT2D eigenvalue weighted by Crippen LogP contribution is 2.45. The van der Waals surface area contributed by atoms with Gasteiger partial charge in [0, 0.05) is 59.9 Å². The fourth-order valence-corrected chi connectivity index (χ4v) is 8.33. The lowest BCUT2D eigenvalue weighted by Crippen LogP contribution is -2.58. The first-order chi connectivity index (χ1) is 24.3. The number of rotatable bonds is 9. The second-order valence-electron chi connectivity index (χ2n) is 13.7. The quantitative estimate of drug-likeness (QED) is 0.200. The Morgan fingerprint density at radius 3 is 2.40 bits per heavy atom. The molecule has 7 rings (SSSR count). The highest BCUT2D eigenvalue weighted by Gasteiger charge is 2.43. The zero-order valence-corrected chi connectivity index (χ0v) is 28.9. The standard InChI is InChI=1S/C40H45FN4O5/c1-4-44(40(48)50-37-33-12-8-6-10-31(33)32-11-7-9-13-34(32)37)24(3)38(46)43-36-22-29(49-5-2)18-17-27-15-16-28(45(27)39(36)47)20-25-23-42-35-21-26(41)14-19-30(25)35/h6-14,19,21,23-24,27-29,36-37,42H,4-5,15-18,20,22H2,1-3H3,(H,43,46)/t24-,27+,28-,29+,36-/m0/s1. The Morgan fingerprint density at radius 1 is 1.00 bits per heavy atom. The van der Waals surface area contributed by atoms with Crippen LogP contribution in [0.1, 0.15) is 75.7 Å². The van der Waals surface area contributed by atoms with Crippen LogP contribution >= 0.6 is 0 Å². The van der Waals surface area contributed by atoms with Crippen molar-refractivity contribution < 1.29 is 28.2 Å². The van der Waals surface area contributed by atoms with E-state index < -0.39 is 30.2 Å². The molecule has 0 radical (unpaired) electrons. The Kier molecular flexibility index (Phi) is 9.64. The lowest BCUT2D eigenvalue weighted by Gasteiger charge is -2.38. The zero-order valence-electron chi connectivity index (χ0n) is 28.9. The summed E-state index contributed by atoms with van der Waals surface area (Å²) in [6.45, 7) is 6.18. The molecule has 2 aliphatic heterocycles. The van der Waals surface area contributed by atoms with Gasteiger partial charge in [0.25, 0.3) is 0 Å². The molecule has 9 nitrogen and oxygen atoms in total. The van der Waals surface area contributed by atoms with Gasteiger partial charge in [0.2, 0.25) is 11.8 Å². The van der Waals surface area contributed by atoms with Gasteiger partial charge >= 0.3 is 6.09 Å². The van der Waals surface area contributed by atoms with E-state index in [0.717, 1.165) is 64.4 Å². The van der Waals surface area contributed by atoms with Crippen LogP contribution in [0, 0.1) is 5.82 Å². The van der Waals surface area contributed by atoms with Gasteiger partial charge in [-0.25, -0.2) is 9.18 Å². The number of aromatic amines is 1. The number of nitrogens with one attached hydrogen (secondary N) is 2. The van der Waals surface area contributed by atoms with Crippen molar-refractivity contribution in [2.24, 2.45) is 0 Å². The number of aromatic nitrogens is 1. The van der Waals surface area contributed by atoms with Crippen LogP contribution in [0.25, 0.3) is 22.0 Å². The molecule has 1 aromatic heterocycles. The molecule has 3 aromatic carbocycles. The molecule has 2 fully saturated rings. The molecule has 3 heterocycles. The van der Waals surface area contributed by atoms with Gasteiger partial charge in [-0.2, -0.15) is 0 Å². The van der Waals surface area contributed by atoms with E-state index in [1.54, 1.807) is 13.0 Å². The van der Waals surface area contributed by atoms with Gasteiger partial charge in [-0.3, -0.25) is 14.5 Å². The van der Waals surface area contributed by atoms with Gasteiger partial charge in [-0.15, -0.1) is 0 Å². The van der Waals surface area contributed by atoms with Crippen LogP contribution in [0.15, 0.2) is 72.9 Å². The Morgan fingerprint density at radius 2 is 1.70 bits per heavy atom. The highest BCUT2D eigenvalue weighted by atomic mass is 19.1. The molecule has 50 heavy (non-hydrogen) atoms. The van der Waals surface area contributed by atoms with Gasteiger partial charge in [-0.05, 0) is 87.8 Å². The molecule has 262 valence electrons. The maximum absolute atomic E-state index is 14.5. The Balaban J connectivity index is 1.08. The fraction of sp³-hybridized carbons (Fsp3) is 0.425. The summed E-state index contributed by atoms with van der Waals surface area (Å²) in [6, 6.07) is 18.8. The molecule has 3 aliphatic rings. The van der Waals surface area contributed by atoms with Gasteiger partial charge < -0.3 is 24.7 Å². The molecule has 1 aliphatic carbocycles. The van der Waals surface area contributed by atoms with Crippen molar-refractivity contribution in [1.82, 2.24) is 20.1 Å². The van der Waals surface area contributed by atoms with Crippen molar-refractivity contribution in [3.8, 4) is 11.1 Å². The lowest BCUT2D eigenvalue weighted by molar-refractivity contribution is -0.142. The van der Waals surface area contributed by atoms with E-state index in [1.807, 2.05) is 73.5 Å². The summed E-state index contributed by atoms with van der Waals surface area (Å²) < 4.78 is 26.1. The first-order valence-corrected chi connectivity index (χ1v) is 17.9. The van der Waals surface area contributed by atoms with E-state index in [4.69, 9.17) is 9.47 Å². The molecule has 5 atom stereocenters. The maximum atomic E-state index is 14.5. The smallest absolute Gasteiger partial charge is 0.411 e. The second-order valence-corrected chi connectivity index (χ2v) is 13.7. The fourth-order valence-electron chi connectivity index (χ4n) is 8.33. The molecule has 0 saturated carbocycles.